The summed E-state index contributed by atoms with van der Waals surface area (Å²) in [5.41, 5.74) is 1.95. The molecule has 1 aliphatic rings. The summed E-state index contributed by atoms with van der Waals surface area (Å²) in [7, 11) is 0. The maximum absolute atomic E-state index is 11.5. The van der Waals surface area contributed by atoms with Crippen molar-refractivity contribution in [2.45, 2.75) is 33.1 Å². The number of Topliss-reactive ketones (excluding diaryl/α,β-unsaturated/α-hetero) is 1. The van der Waals surface area contributed by atoms with Crippen LogP contribution >= 0.6 is 0 Å². The lowest BCUT2D eigenvalue weighted by Gasteiger charge is -2.28. The Morgan fingerprint density at radius 2 is 2.00 bits per heavy atom. The van der Waals surface area contributed by atoms with Crippen LogP contribution in [0.25, 0.3) is 0 Å². The quantitative estimate of drug-likeness (QED) is 0.776. The minimum Gasteiger partial charge on any atom is -0.481 e. The number of rotatable bonds is 1. The predicted molar refractivity (Wildman–Crippen MR) is 69.3 cm³/mol. The lowest BCUT2D eigenvalue weighted by molar-refractivity contribution is -0.118. The topological polar surface area (TPSA) is 55.4 Å². The van der Waals surface area contributed by atoms with Gasteiger partial charge in [-0.15, -0.1) is 0 Å². The molecule has 0 fully saturated rings. The smallest absolute Gasteiger partial charge is 0.262 e. The highest BCUT2D eigenvalue weighted by atomic mass is 16.5. The molecule has 0 spiro atoms. The van der Waals surface area contributed by atoms with Crippen LogP contribution in [0.4, 0.5) is 5.69 Å². The Hall–Kier alpha value is -1.84. The summed E-state index contributed by atoms with van der Waals surface area (Å²) in [5.74, 6) is 0.457. The SMILES string of the molecule is CC(=O)c1cc2c(c(C(C)(C)C)c1)OCC(=O)N2. The van der Waals surface area contributed by atoms with Crippen molar-refractivity contribution in [3.8, 4) is 5.75 Å². The van der Waals surface area contributed by atoms with Gasteiger partial charge in [-0.3, -0.25) is 9.59 Å². The van der Waals surface area contributed by atoms with Gasteiger partial charge < -0.3 is 10.1 Å². The van der Waals surface area contributed by atoms with Crippen molar-refractivity contribution < 1.29 is 14.3 Å². The van der Waals surface area contributed by atoms with E-state index < -0.39 is 0 Å². The van der Waals surface area contributed by atoms with Gasteiger partial charge >= 0.3 is 0 Å². The highest BCUT2D eigenvalue weighted by molar-refractivity contribution is 6.00. The first-order valence-corrected chi connectivity index (χ1v) is 5.91. The summed E-state index contributed by atoms with van der Waals surface area (Å²) in [4.78, 5) is 22.9. The van der Waals surface area contributed by atoms with Crippen LogP contribution in [0.3, 0.4) is 0 Å². The molecule has 96 valence electrons. The molecule has 0 saturated heterocycles. The number of ether oxygens (including phenoxy) is 1. The van der Waals surface area contributed by atoms with Crippen molar-refractivity contribution in [2.24, 2.45) is 0 Å². The van der Waals surface area contributed by atoms with Crippen molar-refractivity contribution in [2.75, 3.05) is 11.9 Å². The van der Waals surface area contributed by atoms with Crippen molar-refractivity contribution in [1.82, 2.24) is 0 Å². The summed E-state index contributed by atoms with van der Waals surface area (Å²) in [6.07, 6.45) is 0. The molecule has 1 amide bonds. The Bertz CT molecular complexity index is 527. The minimum atomic E-state index is -0.192. The largest absolute Gasteiger partial charge is 0.481 e. The molecular weight excluding hydrogens is 230 g/mol. The average Bonchev–Trinajstić information content (AvgIpc) is 2.25. The van der Waals surface area contributed by atoms with Crippen LogP contribution in [-0.2, 0) is 10.2 Å². The number of hydrogen-bond acceptors (Lipinski definition) is 3. The Labute approximate surface area is 106 Å². The van der Waals surface area contributed by atoms with Crippen LogP contribution in [0.15, 0.2) is 12.1 Å². The van der Waals surface area contributed by atoms with Crippen molar-refractivity contribution in [3.63, 3.8) is 0 Å². The van der Waals surface area contributed by atoms with E-state index in [1.807, 2.05) is 26.8 Å². The van der Waals surface area contributed by atoms with E-state index in [1.165, 1.54) is 6.92 Å². The van der Waals surface area contributed by atoms with Crippen molar-refractivity contribution in [3.05, 3.63) is 23.3 Å². The first-order valence-electron chi connectivity index (χ1n) is 5.91. The minimum absolute atomic E-state index is 0.0233. The molecule has 0 unspecified atom stereocenters. The van der Waals surface area contributed by atoms with Gasteiger partial charge in [-0.2, -0.15) is 0 Å². The molecule has 1 aromatic carbocycles. The fourth-order valence-corrected chi connectivity index (χ4v) is 1.96. The van der Waals surface area contributed by atoms with E-state index >= 15 is 0 Å². The third-order valence-corrected chi connectivity index (χ3v) is 2.93. The zero-order valence-electron chi connectivity index (χ0n) is 11.1. The molecule has 18 heavy (non-hydrogen) atoms. The highest BCUT2D eigenvalue weighted by Gasteiger charge is 2.27. The van der Waals surface area contributed by atoms with E-state index in [4.69, 9.17) is 4.74 Å². The highest BCUT2D eigenvalue weighted by Crippen LogP contribution is 2.39. The first kappa shape index (κ1) is 12.6. The Kier molecular flexibility index (Phi) is 2.89. The number of amides is 1. The van der Waals surface area contributed by atoms with Gasteiger partial charge in [-0.1, -0.05) is 20.8 Å². The van der Waals surface area contributed by atoms with Crippen LogP contribution in [0.1, 0.15) is 43.6 Å². The third-order valence-electron chi connectivity index (χ3n) is 2.93. The Balaban J connectivity index is 2.65. The summed E-state index contributed by atoms with van der Waals surface area (Å²) in [5, 5.41) is 2.75. The molecule has 0 aromatic heterocycles. The van der Waals surface area contributed by atoms with Crippen LogP contribution in [0.2, 0.25) is 0 Å². The number of ketones is 1. The fraction of sp³-hybridized carbons (Fsp3) is 0.429. The van der Waals surface area contributed by atoms with Crippen LogP contribution in [0, 0.1) is 0 Å². The molecule has 1 aliphatic heterocycles. The number of fused-ring (bicyclic) bond motifs is 1. The van der Waals surface area contributed by atoms with E-state index in [0.29, 0.717) is 17.0 Å². The molecule has 0 atom stereocenters. The van der Waals surface area contributed by atoms with Crippen LogP contribution in [-0.4, -0.2) is 18.3 Å². The van der Waals surface area contributed by atoms with Gasteiger partial charge in [0.25, 0.3) is 5.91 Å². The van der Waals surface area contributed by atoms with Crippen LogP contribution < -0.4 is 10.1 Å². The van der Waals surface area contributed by atoms with E-state index in [-0.39, 0.29) is 23.7 Å². The number of carbonyl (C=O) groups is 2. The maximum atomic E-state index is 11.5. The van der Waals surface area contributed by atoms with E-state index in [9.17, 15) is 9.59 Å². The molecule has 0 aliphatic carbocycles. The van der Waals surface area contributed by atoms with Gasteiger partial charge in [0, 0.05) is 11.1 Å². The Morgan fingerprint density at radius 3 is 2.56 bits per heavy atom. The first-order chi connectivity index (χ1) is 8.29. The second kappa shape index (κ2) is 4.12. The van der Waals surface area contributed by atoms with Crippen molar-refractivity contribution in [1.29, 1.82) is 0 Å². The second-order valence-corrected chi connectivity index (χ2v) is 5.54. The van der Waals surface area contributed by atoms with Gasteiger partial charge in [0.15, 0.2) is 12.4 Å². The molecular formula is C14H17NO3. The number of nitrogens with one attached hydrogen (secondary N) is 1. The normalized spacial score (nSPS) is 14.6. The van der Waals surface area contributed by atoms with Crippen LogP contribution in [0.5, 0.6) is 5.75 Å². The van der Waals surface area contributed by atoms with E-state index in [1.54, 1.807) is 6.07 Å². The lowest BCUT2D eigenvalue weighted by Crippen LogP contribution is -2.28. The summed E-state index contributed by atoms with van der Waals surface area (Å²) in [6, 6.07) is 3.52. The molecule has 0 bridgehead atoms. The van der Waals surface area contributed by atoms with E-state index in [0.717, 1.165) is 5.56 Å². The predicted octanol–water partition coefficient (Wildman–Crippen LogP) is 2.52. The molecule has 0 saturated carbocycles. The van der Waals surface area contributed by atoms with Gasteiger partial charge in [-0.05, 0) is 24.5 Å². The van der Waals surface area contributed by atoms with Gasteiger partial charge in [0.1, 0.15) is 5.75 Å². The Morgan fingerprint density at radius 1 is 1.33 bits per heavy atom. The fourth-order valence-electron chi connectivity index (χ4n) is 1.96. The zero-order valence-corrected chi connectivity index (χ0v) is 11.1. The molecule has 2 rings (SSSR count). The average molecular weight is 247 g/mol. The summed E-state index contributed by atoms with van der Waals surface area (Å²) >= 11 is 0. The third kappa shape index (κ3) is 2.23. The molecule has 1 N–H and O–H groups in total. The summed E-state index contributed by atoms with van der Waals surface area (Å²) in [6.45, 7) is 7.68. The number of hydrogen-bond donors (Lipinski definition) is 1. The zero-order chi connectivity index (χ0) is 13.5. The summed E-state index contributed by atoms with van der Waals surface area (Å²) < 4.78 is 5.50. The molecule has 1 aromatic rings. The molecule has 4 heteroatoms. The maximum Gasteiger partial charge on any atom is 0.262 e. The second-order valence-electron chi connectivity index (χ2n) is 5.54. The lowest BCUT2D eigenvalue weighted by atomic mass is 9.84. The standard InChI is InChI=1S/C14H17NO3/c1-8(16)9-5-10(14(2,3)4)13-11(6-9)15-12(17)7-18-13/h5-6H,7H2,1-4H3,(H,15,17). The molecule has 4 nitrogen and oxygen atoms in total. The van der Waals surface area contributed by atoms with Gasteiger partial charge in [0.2, 0.25) is 0 Å². The molecule has 1 heterocycles. The molecule has 0 radical (unpaired) electrons. The van der Waals surface area contributed by atoms with Crippen molar-refractivity contribution >= 4 is 17.4 Å². The van der Waals surface area contributed by atoms with Gasteiger partial charge in [-0.25, -0.2) is 0 Å². The number of anilines is 1. The van der Waals surface area contributed by atoms with E-state index in [2.05, 4.69) is 5.32 Å². The monoisotopic (exact) mass is 247 g/mol. The number of carbonyl (C=O) groups excluding carboxylic acids is 2. The number of benzene rings is 1. The van der Waals surface area contributed by atoms with Gasteiger partial charge in [0.05, 0.1) is 5.69 Å².